The van der Waals surface area contributed by atoms with E-state index >= 15 is 0 Å². The van der Waals surface area contributed by atoms with Gasteiger partial charge in [0.1, 0.15) is 5.41 Å². The van der Waals surface area contributed by atoms with Crippen LogP contribution in [-0.4, -0.2) is 17.0 Å². The topological polar surface area (TPSA) is 87.7 Å². The second-order valence-electron chi connectivity index (χ2n) is 5.54. The zero-order valence-corrected chi connectivity index (χ0v) is 13.6. The molecule has 0 bridgehead atoms. The van der Waals surface area contributed by atoms with E-state index in [0.29, 0.717) is 12.8 Å². The van der Waals surface area contributed by atoms with Crippen LogP contribution in [0.25, 0.3) is 0 Å². The van der Waals surface area contributed by atoms with Crippen molar-refractivity contribution >= 4 is 33.4 Å². The highest BCUT2D eigenvalue weighted by molar-refractivity contribution is 9.10. The maximum Gasteiger partial charge on any atom is 0.238 e. The Morgan fingerprint density at radius 3 is 2.67 bits per heavy atom. The van der Waals surface area contributed by atoms with Gasteiger partial charge in [-0.3, -0.25) is 4.79 Å². The molecule has 114 valence electrons. The van der Waals surface area contributed by atoms with Gasteiger partial charge >= 0.3 is 0 Å². The molecule has 0 aliphatic heterocycles. The van der Waals surface area contributed by atoms with Crippen LogP contribution in [-0.2, 0) is 4.79 Å². The second kappa shape index (κ2) is 6.47. The van der Waals surface area contributed by atoms with Gasteiger partial charge in [0.05, 0.1) is 0 Å². The van der Waals surface area contributed by atoms with E-state index in [1.165, 1.54) is 0 Å². The molecule has 1 amide bonds. The molecule has 1 saturated carbocycles. The third kappa shape index (κ3) is 3.20. The van der Waals surface area contributed by atoms with Crippen molar-refractivity contribution in [2.75, 3.05) is 5.32 Å². The highest BCUT2D eigenvalue weighted by Gasteiger charge is 2.44. The van der Waals surface area contributed by atoms with E-state index in [9.17, 15) is 4.79 Å². The molecule has 1 aromatic rings. The van der Waals surface area contributed by atoms with Gasteiger partial charge < -0.3 is 16.3 Å². The van der Waals surface area contributed by atoms with Crippen molar-refractivity contribution in [3.8, 4) is 0 Å². The van der Waals surface area contributed by atoms with Gasteiger partial charge in [0.2, 0.25) is 5.91 Å². The standard InChI is InChI=1S/C15H20BrN3O2/c1-10-5-6-11(16)9-12(10)18-14(20)15(13(17)19-21)7-3-2-4-8-15/h5-6,9,21H,2-4,7-8H2,1H3,(H2,17,19)(H,18,20). The molecule has 0 spiro atoms. The molecule has 0 radical (unpaired) electrons. The monoisotopic (exact) mass is 353 g/mol. The van der Waals surface area contributed by atoms with Crippen LogP contribution in [0, 0.1) is 12.3 Å². The molecule has 4 N–H and O–H groups in total. The van der Waals surface area contributed by atoms with Crippen LogP contribution in [0.15, 0.2) is 27.8 Å². The average molecular weight is 354 g/mol. The van der Waals surface area contributed by atoms with E-state index in [1.54, 1.807) is 0 Å². The summed E-state index contributed by atoms with van der Waals surface area (Å²) in [5.74, 6) is -0.189. The number of halogens is 1. The normalized spacial score (nSPS) is 18.3. The molecule has 5 nitrogen and oxygen atoms in total. The highest BCUT2D eigenvalue weighted by Crippen LogP contribution is 2.38. The van der Waals surface area contributed by atoms with Crippen LogP contribution in [0.1, 0.15) is 37.7 Å². The number of amides is 1. The van der Waals surface area contributed by atoms with Crippen molar-refractivity contribution < 1.29 is 10.0 Å². The molecular weight excluding hydrogens is 334 g/mol. The molecule has 0 unspecified atom stereocenters. The summed E-state index contributed by atoms with van der Waals surface area (Å²) in [6.07, 6.45) is 4.11. The molecule has 0 atom stereocenters. The Balaban J connectivity index is 2.29. The summed E-state index contributed by atoms with van der Waals surface area (Å²) in [4.78, 5) is 12.8. The van der Waals surface area contributed by atoms with E-state index in [2.05, 4.69) is 26.4 Å². The fraction of sp³-hybridized carbons (Fsp3) is 0.467. The first-order valence-electron chi connectivity index (χ1n) is 7.05. The molecule has 21 heavy (non-hydrogen) atoms. The predicted molar refractivity (Wildman–Crippen MR) is 86.4 cm³/mol. The SMILES string of the molecule is Cc1ccc(Br)cc1NC(=O)C1(C(N)=NO)CCCCC1. The lowest BCUT2D eigenvalue weighted by Crippen LogP contribution is -2.48. The first-order chi connectivity index (χ1) is 9.99. The van der Waals surface area contributed by atoms with Gasteiger partial charge in [-0.2, -0.15) is 0 Å². The van der Waals surface area contributed by atoms with E-state index in [4.69, 9.17) is 10.9 Å². The van der Waals surface area contributed by atoms with Crippen LogP contribution < -0.4 is 11.1 Å². The minimum Gasteiger partial charge on any atom is -0.409 e. The number of nitrogens with one attached hydrogen (secondary N) is 1. The molecule has 1 aromatic carbocycles. The predicted octanol–water partition coefficient (Wildman–Crippen LogP) is 3.39. The summed E-state index contributed by atoms with van der Waals surface area (Å²) in [6, 6.07) is 5.71. The average Bonchev–Trinajstić information content (AvgIpc) is 2.50. The van der Waals surface area contributed by atoms with Crippen molar-refractivity contribution in [1.29, 1.82) is 0 Å². The Bertz CT molecular complexity index is 566. The van der Waals surface area contributed by atoms with Gasteiger partial charge in [-0.1, -0.05) is 46.4 Å². The fourth-order valence-electron chi connectivity index (χ4n) is 2.82. The Hall–Kier alpha value is -1.56. The van der Waals surface area contributed by atoms with Crippen LogP contribution in [0.5, 0.6) is 0 Å². The van der Waals surface area contributed by atoms with Gasteiger partial charge in [0.25, 0.3) is 0 Å². The van der Waals surface area contributed by atoms with Crippen LogP contribution in [0.2, 0.25) is 0 Å². The van der Waals surface area contributed by atoms with Gasteiger partial charge in [-0.25, -0.2) is 0 Å². The van der Waals surface area contributed by atoms with Gasteiger partial charge in [-0.15, -0.1) is 0 Å². The Labute approximate surface area is 132 Å². The van der Waals surface area contributed by atoms with E-state index in [1.807, 2.05) is 25.1 Å². The number of rotatable bonds is 3. The van der Waals surface area contributed by atoms with Gasteiger partial charge in [0, 0.05) is 10.2 Å². The lowest BCUT2D eigenvalue weighted by Gasteiger charge is -2.34. The number of aryl methyl sites for hydroxylation is 1. The Kier molecular flexibility index (Phi) is 4.88. The number of hydrogen-bond acceptors (Lipinski definition) is 3. The third-order valence-corrected chi connectivity index (χ3v) is 4.68. The number of nitrogens with zero attached hydrogens (tertiary/aromatic N) is 1. The van der Waals surface area contributed by atoms with E-state index in [-0.39, 0.29) is 11.7 Å². The van der Waals surface area contributed by atoms with Crippen LogP contribution in [0.4, 0.5) is 5.69 Å². The molecule has 6 heteroatoms. The number of oxime groups is 1. The lowest BCUT2D eigenvalue weighted by molar-refractivity contribution is -0.123. The number of hydrogen-bond donors (Lipinski definition) is 3. The zero-order chi connectivity index (χ0) is 15.5. The van der Waals surface area contributed by atoms with Crippen LogP contribution >= 0.6 is 15.9 Å². The van der Waals surface area contributed by atoms with Crippen molar-refractivity contribution in [3.63, 3.8) is 0 Å². The Morgan fingerprint density at radius 2 is 2.05 bits per heavy atom. The van der Waals surface area contributed by atoms with E-state index < -0.39 is 5.41 Å². The maximum atomic E-state index is 12.8. The number of carbonyl (C=O) groups excluding carboxylic acids is 1. The van der Waals surface area contributed by atoms with Crippen molar-refractivity contribution in [2.45, 2.75) is 39.0 Å². The number of amidine groups is 1. The second-order valence-corrected chi connectivity index (χ2v) is 6.46. The van der Waals surface area contributed by atoms with Crippen LogP contribution in [0.3, 0.4) is 0 Å². The molecule has 2 rings (SSSR count). The van der Waals surface area contributed by atoms with Gasteiger partial charge in [-0.05, 0) is 37.5 Å². The molecule has 1 aliphatic carbocycles. The van der Waals surface area contributed by atoms with Crippen molar-refractivity contribution in [1.82, 2.24) is 0 Å². The summed E-state index contributed by atoms with van der Waals surface area (Å²) in [6.45, 7) is 1.93. The molecular formula is C15H20BrN3O2. The highest BCUT2D eigenvalue weighted by atomic mass is 79.9. The quantitative estimate of drug-likeness (QED) is 0.336. The summed E-state index contributed by atoms with van der Waals surface area (Å²) in [5.41, 5.74) is 6.64. The minimum atomic E-state index is -0.901. The molecule has 0 saturated heterocycles. The number of benzene rings is 1. The summed E-state index contributed by atoms with van der Waals surface area (Å²) < 4.78 is 0.893. The minimum absolute atomic E-state index is 0.00681. The maximum absolute atomic E-state index is 12.8. The van der Waals surface area contributed by atoms with Crippen molar-refractivity contribution in [2.24, 2.45) is 16.3 Å². The molecule has 0 aromatic heterocycles. The summed E-state index contributed by atoms with van der Waals surface area (Å²) in [5, 5.41) is 15.1. The smallest absolute Gasteiger partial charge is 0.238 e. The summed E-state index contributed by atoms with van der Waals surface area (Å²) in [7, 11) is 0. The molecule has 0 heterocycles. The van der Waals surface area contributed by atoms with Gasteiger partial charge in [0.15, 0.2) is 5.84 Å². The first kappa shape index (κ1) is 15.8. The Morgan fingerprint density at radius 1 is 1.38 bits per heavy atom. The largest absolute Gasteiger partial charge is 0.409 e. The third-order valence-electron chi connectivity index (χ3n) is 4.19. The number of carbonyl (C=O) groups is 1. The molecule has 1 aliphatic rings. The first-order valence-corrected chi connectivity index (χ1v) is 7.84. The lowest BCUT2D eigenvalue weighted by atomic mass is 9.72. The van der Waals surface area contributed by atoms with Crippen molar-refractivity contribution in [3.05, 3.63) is 28.2 Å². The molecule has 1 fully saturated rings. The zero-order valence-electron chi connectivity index (χ0n) is 12.0. The fourth-order valence-corrected chi connectivity index (χ4v) is 3.18. The number of nitrogens with two attached hydrogens (primary N) is 1. The number of anilines is 1. The summed E-state index contributed by atoms with van der Waals surface area (Å²) >= 11 is 3.40. The van der Waals surface area contributed by atoms with E-state index in [0.717, 1.165) is 35.0 Å².